The van der Waals surface area contributed by atoms with Crippen molar-refractivity contribution >= 4 is 5.97 Å². The molecular formula is C26H32O4. The van der Waals surface area contributed by atoms with Gasteiger partial charge < -0.3 is 14.6 Å². The van der Waals surface area contributed by atoms with Gasteiger partial charge in [-0.15, -0.1) is 0 Å². The summed E-state index contributed by atoms with van der Waals surface area (Å²) in [5.41, 5.74) is 4.70. The Bertz CT molecular complexity index is 861. The molecule has 0 bridgehead atoms. The van der Waals surface area contributed by atoms with Crippen LogP contribution in [0, 0.1) is 5.92 Å². The van der Waals surface area contributed by atoms with Gasteiger partial charge in [-0.1, -0.05) is 56.7 Å². The highest BCUT2D eigenvalue weighted by atomic mass is 16.5. The molecule has 0 heterocycles. The number of benzene rings is 2. The highest BCUT2D eigenvalue weighted by Gasteiger charge is 2.19. The van der Waals surface area contributed by atoms with Crippen molar-refractivity contribution in [1.29, 1.82) is 0 Å². The Balaban J connectivity index is 1.78. The zero-order chi connectivity index (χ0) is 21.5. The highest BCUT2D eigenvalue weighted by molar-refractivity contribution is 5.87. The predicted octanol–water partition coefficient (Wildman–Crippen LogP) is 5.64. The van der Waals surface area contributed by atoms with Crippen LogP contribution in [0.1, 0.15) is 56.6 Å². The van der Waals surface area contributed by atoms with E-state index < -0.39 is 5.97 Å². The van der Waals surface area contributed by atoms with Crippen molar-refractivity contribution in [1.82, 2.24) is 0 Å². The fourth-order valence-corrected chi connectivity index (χ4v) is 3.98. The zero-order valence-corrected chi connectivity index (χ0v) is 18.0. The van der Waals surface area contributed by atoms with Crippen LogP contribution in [-0.2, 0) is 16.1 Å². The van der Waals surface area contributed by atoms with Crippen molar-refractivity contribution in [2.75, 3.05) is 13.2 Å². The van der Waals surface area contributed by atoms with Gasteiger partial charge in [-0.05, 0) is 60.4 Å². The van der Waals surface area contributed by atoms with E-state index in [0.29, 0.717) is 17.2 Å². The van der Waals surface area contributed by atoms with Gasteiger partial charge in [0.25, 0.3) is 0 Å². The van der Waals surface area contributed by atoms with Crippen molar-refractivity contribution in [2.45, 2.75) is 52.1 Å². The van der Waals surface area contributed by atoms with E-state index in [1.807, 2.05) is 18.2 Å². The Hall–Kier alpha value is -2.59. The van der Waals surface area contributed by atoms with E-state index in [2.05, 4.69) is 37.8 Å². The van der Waals surface area contributed by atoms with Gasteiger partial charge in [0, 0.05) is 11.1 Å². The lowest BCUT2D eigenvalue weighted by atomic mass is 9.79. The van der Waals surface area contributed by atoms with Gasteiger partial charge in [-0.2, -0.15) is 0 Å². The monoisotopic (exact) mass is 408 g/mol. The fraction of sp³-hybridized carbons (Fsp3) is 0.423. The lowest BCUT2D eigenvalue weighted by Crippen LogP contribution is -2.10. The summed E-state index contributed by atoms with van der Waals surface area (Å²) in [6.45, 7) is 7.79. The summed E-state index contributed by atoms with van der Waals surface area (Å²) in [5, 5.41) is 9.07. The van der Waals surface area contributed by atoms with E-state index in [1.165, 1.54) is 31.2 Å². The van der Waals surface area contributed by atoms with Crippen LogP contribution >= 0.6 is 0 Å². The molecule has 3 rings (SSSR count). The minimum atomic E-state index is -0.431. The van der Waals surface area contributed by atoms with Crippen molar-refractivity contribution in [3.8, 4) is 16.9 Å². The van der Waals surface area contributed by atoms with Crippen LogP contribution < -0.4 is 4.74 Å². The standard InChI is InChI=1S/C26H32O4/c1-18(2)26(28)30-17-24-16-23(12-13-25(24)29-15-14-27)22-10-8-21(9-11-22)20-6-4-19(3)5-7-20/h8-13,16,19-20,27H,1,4-7,14-15,17H2,2-3H3. The average molecular weight is 409 g/mol. The first-order valence-corrected chi connectivity index (χ1v) is 10.8. The molecule has 0 spiro atoms. The lowest BCUT2D eigenvalue weighted by molar-refractivity contribution is -0.140. The number of hydrogen-bond donors (Lipinski definition) is 1. The number of carbonyl (C=O) groups is 1. The Morgan fingerprint density at radius 2 is 1.73 bits per heavy atom. The minimum absolute atomic E-state index is 0.0752. The lowest BCUT2D eigenvalue weighted by Gasteiger charge is -2.26. The van der Waals surface area contributed by atoms with E-state index in [1.54, 1.807) is 6.92 Å². The second kappa shape index (κ2) is 10.4. The van der Waals surface area contributed by atoms with Gasteiger partial charge in [0.1, 0.15) is 19.0 Å². The maximum absolute atomic E-state index is 11.8. The van der Waals surface area contributed by atoms with E-state index >= 15 is 0 Å². The molecule has 0 radical (unpaired) electrons. The molecule has 30 heavy (non-hydrogen) atoms. The van der Waals surface area contributed by atoms with Gasteiger partial charge in [-0.3, -0.25) is 0 Å². The molecule has 0 aromatic heterocycles. The quantitative estimate of drug-likeness (QED) is 0.454. The SMILES string of the molecule is C=C(C)C(=O)OCc1cc(-c2ccc(C3CCC(C)CC3)cc2)ccc1OCCO. The number of aliphatic hydroxyl groups excluding tert-OH is 1. The first-order chi connectivity index (χ1) is 14.5. The molecule has 0 amide bonds. The van der Waals surface area contributed by atoms with Crippen LogP contribution in [0.25, 0.3) is 11.1 Å². The van der Waals surface area contributed by atoms with Crippen molar-refractivity contribution < 1.29 is 19.4 Å². The molecule has 0 atom stereocenters. The van der Waals surface area contributed by atoms with E-state index in [4.69, 9.17) is 14.6 Å². The maximum Gasteiger partial charge on any atom is 0.333 e. The third-order valence-corrected chi connectivity index (χ3v) is 5.85. The summed E-state index contributed by atoms with van der Waals surface area (Å²) in [6.07, 6.45) is 5.17. The van der Waals surface area contributed by atoms with Gasteiger partial charge >= 0.3 is 5.97 Å². The molecule has 4 heteroatoms. The van der Waals surface area contributed by atoms with Crippen LogP contribution in [0.3, 0.4) is 0 Å². The largest absolute Gasteiger partial charge is 0.491 e. The molecule has 1 saturated carbocycles. The first kappa shape index (κ1) is 22.1. The maximum atomic E-state index is 11.8. The summed E-state index contributed by atoms with van der Waals surface area (Å²) in [6, 6.07) is 14.7. The van der Waals surface area contributed by atoms with Crippen LogP contribution in [0.5, 0.6) is 5.75 Å². The normalized spacial score (nSPS) is 18.6. The predicted molar refractivity (Wildman–Crippen MR) is 119 cm³/mol. The number of carbonyl (C=O) groups excluding carboxylic acids is 1. The molecule has 0 unspecified atom stereocenters. The van der Waals surface area contributed by atoms with Gasteiger partial charge in [0.05, 0.1) is 6.61 Å². The summed E-state index contributed by atoms with van der Waals surface area (Å²) < 4.78 is 10.9. The third kappa shape index (κ3) is 5.73. The molecule has 1 aliphatic rings. The van der Waals surface area contributed by atoms with E-state index in [0.717, 1.165) is 22.6 Å². The smallest absolute Gasteiger partial charge is 0.333 e. The van der Waals surface area contributed by atoms with Crippen LogP contribution in [-0.4, -0.2) is 24.3 Å². The second-order valence-corrected chi connectivity index (χ2v) is 8.33. The van der Waals surface area contributed by atoms with Crippen molar-refractivity contribution in [3.05, 3.63) is 65.7 Å². The summed E-state index contributed by atoms with van der Waals surface area (Å²) >= 11 is 0. The topological polar surface area (TPSA) is 55.8 Å². The molecule has 0 aliphatic heterocycles. The third-order valence-electron chi connectivity index (χ3n) is 5.85. The molecule has 0 saturated heterocycles. The minimum Gasteiger partial charge on any atom is -0.491 e. The number of ether oxygens (including phenoxy) is 2. The number of rotatable bonds is 8. The molecular weight excluding hydrogens is 376 g/mol. The van der Waals surface area contributed by atoms with Gasteiger partial charge in [0.2, 0.25) is 0 Å². The summed E-state index contributed by atoms with van der Waals surface area (Å²) in [4.78, 5) is 11.8. The average Bonchev–Trinajstić information content (AvgIpc) is 2.77. The zero-order valence-electron chi connectivity index (χ0n) is 18.0. The molecule has 1 N–H and O–H groups in total. The second-order valence-electron chi connectivity index (χ2n) is 8.33. The number of aliphatic hydroxyl groups is 1. The number of esters is 1. The molecule has 4 nitrogen and oxygen atoms in total. The summed E-state index contributed by atoms with van der Waals surface area (Å²) in [5.74, 6) is 1.70. The van der Waals surface area contributed by atoms with Crippen LogP contribution in [0.2, 0.25) is 0 Å². The summed E-state index contributed by atoms with van der Waals surface area (Å²) in [7, 11) is 0. The van der Waals surface area contributed by atoms with E-state index in [9.17, 15) is 4.79 Å². The van der Waals surface area contributed by atoms with Gasteiger partial charge in [0.15, 0.2) is 0 Å². The Morgan fingerprint density at radius 1 is 1.07 bits per heavy atom. The Kier molecular flexibility index (Phi) is 7.69. The van der Waals surface area contributed by atoms with Crippen molar-refractivity contribution in [3.63, 3.8) is 0 Å². The Morgan fingerprint density at radius 3 is 2.37 bits per heavy atom. The van der Waals surface area contributed by atoms with Crippen LogP contribution in [0.4, 0.5) is 0 Å². The molecule has 1 aliphatic carbocycles. The van der Waals surface area contributed by atoms with E-state index in [-0.39, 0.29) is 19.8 Å². The Labute approximate surface area is 179 Å². The fourth-order valence-electron chi connectivity index (χ4n) is 3.98. The number of hydrogen-bond acceptors (Lipinski definition) is 4. The molecule has 2 aromatic rings. The van der Waals surface area contributed by atoms with Crippen LogP contribution in [0.15, 0.2) is 54.6 Å². The first-order valence-electron chi connectivity index (χ1n) is 10.8. The van der Waals surface area contributed by atoms with Crippen molar-refractivity contribution in [2.24, 2.45) is 5.92 Å². The highest BCUT2D eigenvalue weighted by Crippen LogP contribution is 2.36. The molecule has 1 fully saturated rings. The molecule has 2 aromatic carbocycles. The van der Waals surface area contributed by atoms with Gasteiger partial charge in [-0.25, -0.2) is 4.79 Å². The molecule has 160 valence electrons.